The summed E-state index contributed by atoms with van der Waals surface area (Å²) < 4.78 is 11.1. The average Bonchev–Trinajstić information content (AvgIpc) is 2.71. The number of unbranched alkanes of at least 4 members (excludes halogenated alkanes) is 1. The van der Waals surface area contributed by atoms with E-state index >= 15 is 0 Å². The van der Waals surface area contributed by atoms with Gasteiger partial charge in [-0.2, -0.15) is 0 Å². The van der Waals surface area contributed by atoms with Crippen molar-refractivity contribution in [2.24, 2.45) is 0 Å². The van der Waals surface area contributed by atoms with Gasteiger partial charge in [0.15, 0.2) is 6.61 Å². The highest BCUT2D eigenvalue weighted by Gasteiger charge is 2.20. The third kappa shape index (κ3) is 4.60. The van der Waals surface area contributed by atoms with Crippen molar-refractivity contribution < 1.29 is 23.8 Å². The third-order valence-corrected chi connectivity index (χ3v) is 5.42. The quantitative estimate of drug-likeness (QED) is 0.677. The fourth-order valence-corrected chi connectivity index (χ4v) is 3.82. The molecular formula is C22H26NO6-. The first kappa shape index (κ1) is 20.9. The summed E-state index contributed by atoms with van der Waals surface area (Å²) in [4.78, 5) is 35.6. The van der Waals surface area contributed by atoms with Crippen LogP contribution in [0.25, 0.3) is 11.0 Å². The molecule has 0 radical (unpaired) electrons. The minimum Gasteiger partial charge on any atom is -0.548 e. The highest BCUT2D eigenvalue weighted by atomic mass is 16.5. The Kier molecular flexibility index (Phi) is 6.56. The molecule has 1 aliphatic rings. The molecule has 0 aliphatic heterocycles. The number of carboxylic acids is 1. The largest absolute Gasteiger partial charge is 0.548 e. The lowest BCUT2D eigenvalue weighted by atomic mass is 9.90. The molecule has 1 N–H and O–H groups in total. The van der Waals surface area contributed by atoms with Gasteiger partial charge in [0.1, 0.15) is 11.3 Å². The molecule has 0 fully saturated rings. The van der Waals surface area contributed by atoms with Gasteiger partial charge in [0, 0.05) is 16.5 Å². The van der Waals surface area contributed by atoms with Crippen LogP contribution in [0.4, 0.5) is 0 Å². The Hall–Kier alpha value is -2.83. The van der Waals surface area contributed by atoms with E-state index in [2.05, 4.69) is 5.32 Å². The van der Waals surface area contributed by atoms with Gasteiger partial charge < -0.3 is 24.4 Å². The van der Waals surface area contributed by atoms with Crippen LogP contribution >= 0.6 is 0 Å². The Labute approximate surface area is 169 Å². The Morgan fingerprint density at radius 1 is 1.24 bits per heavy atom. The van der Waals surface area contributed by atoms with Gasteiger partial charge in [0.2, 0.25) is 0 Å². The van der Waals surface area contributed by atoms with Gasteiger partial charge in [-0.25, -0.2) is 4.79 Å². The van der Waals surface area contributed by atoms with Crippen LogP contribution < -0.4 is 20.8 Å². The number of nitrogens with one attached hydrogen (secondary N) is 1. The van der Waals surface area contributed by atoms with Crippen LogP contribution in [0.3, 0.4) is 0 Å². The van der Waals surface area contributed by atoms with Crippen LogP contribution in [0.2, 0.25) is 0 Å². The maximum atomic E-state index is 12.3. The molecule has 1 aromatic heterocycles. The number of aryl methyl sites for hydroxylation is 2. The SMILES string of the molecule is CCCC[C@@H](NC(=O)COc1ccc2c3c(c(=O)oc2c1C)CCCC3)C(=O)[O-]. The van der Waals surface area contributed by atoms with Gasteiger partial charge in [-0.3, -0.25) is 4.79 Å². The Morgan fingerprint density at radius 2 is 1.97 bits per heavy atom. The van der Waals surface area contributed by atoms with Crippen molar-refractivity contribution in [1.82, 2.24) is 5.32 Å². The van der Waals surface area contributed by atoms with E-state index in [0.29, 0.717) is 29.7 Å². The molecular weight excluding hydrogens is 374 g/mol. The molecule has 7 nitrogen and oxygen atoms in total. The molecule has 0 saturated carbocycles. The first-order valence-electron chi connectivity index (χ1n) is 10.1. The van der Waals surface area contributed by atoms with Crippen molar-refractivity contribution in [2.45, 2.75) is 64.8 Å². The summed E-state index contributed by atoms with van der Waals surface area (Å²) in [6.45, 7) is 3.38. The number of hydrogen-bond acceptors (Lipinski definition) is 6. The van der Waals surface area contributed by atoms with Crippen molar-refractivity contribution in [3.05, 3.63) is 39.2 Å². The molecule has 1 aliphatic carbocycles. The zero-order valence-corrected chi connectivity index (χ0v) is 16.8. The number of rotatable bonds is 8. The molecule has 3 rings (SSSR count). The number of aliphatic carboxylic acids is 1. The predicted molar refractivity (Wildman–Crippen MR) is 106 cm³/mol. The Bertz CT molecular complexity index is 977. The molecule has 2 aromatic rings. The van der Waals surface area contributed by atoms with Gasteiger partial charge in [0.05, 0.1) is 12.0 Å². The highest BCUT2D eigenvalue weighted by molar-refractivity contribution is 5.87. The number of carbonyl (C=O) groups excluding carboxylic acids is 2. The van der Waals surface area contributed by atoms with E-state index in [1.807, 2.05) is 13.0 Å². The van der Waals surface area contributed by atoms with Crippen LogP contribution in [0.1, 0.15) is 55.7 Å². The van der Waals surface area contributed by atoms with E-state index in [9.17, 15) is 19.5 Å². The molecule has 1 heterocycles. The summed E-state index contributed by atoms with van der Waals surface area (Å²) in [7, 11) is 0. The zero-order chi connectivity index (χ0) is 21.0. The first-order chi connectivity index (χ1) is 13.9. The molecule has 0 bridgehead atoms. The van der Waals surface area contributed by atoms with E-state index in [1.54, 1.807) is 13.0 Å². The number of hydrogen-bond donors (Lipinski definition) is 1. The van der Waals surface area contributed by atoms with Crippen LogP contribution in [-0.2, 0) is 22.4 Å². The van der Waals surface area contributed by atoms with Gasteiger partial charge in [0.25, 0.3) is 5.91 Å². The standard InChI is InChI=1S/C22H27NO6/c1-3-4-9-17(21(25)26)23-19(24)12-28-18-11-10-15-14-7-5-6-8-16(14)22(27)29-20(15)13(18)2/h10-11,17H,3-9,12H2,1-2H3,(H,23,24)(H,25,26)/p-1/t17-/m1/s1. The summed E-state index contributed by atoms with van der Waals surface area (Å²) in [5, 5.41) is 14.5. The number of fused-ring (bicyclic) bond motifs is 3. The lowest BCUT2D eigenvalue weighted by Gasteiger charge is -2.20. The molecule has 156 valence electrons. The van der Waals surface area contributed by atoms with E-state index in [4.69, 9.17) is 9.15 Å². The minimum absolute atomic E-state index is 0.307. The molecule has 1 atom stereocenters. The first-order valence-corrected chi connectivity index (χ1v) is 10.1. The van der Waals surface area contributed by atoms with Crippen molar-refractivity contribution >= 4 is 22.8 Å². The number of carboxylic acid groups (broad SMARTS) is 1. The Morgan fingerprint density at radius 3 is 2.66 bits per heavy atom. The zero-order valence-electron chi connectivity index (χ0n) is 16.8. The normalized spacial score (nSPS) is 14.3. The molecule has 0 unspecified atom stereocenters. The molecule has 29 heavy (non-hydrogen) atoms. The topological polar surface area (TPSA) is 109 Å². The van der Waals surface area contributed by atoms with Crippen LogP contribution in [0, 0.1) is 6.92 Å². The smallest absolute Gasteiger partial charge is 0.339 e. The number of ether oxygens (including phenoxy) is 1. The third-order valence-electron chi connectivity index (χ3n) is 5.42. The summed E-state index contributed by atoms with van der Waals surface area (Å²) in [5.41, 5.74) is 2.62. The second-order valence-electron chi connectivity index (χ2n) is 7.49. The molecule has 1 amide bonds. The van der Waals surface area contributed by atoms with Crippen molar-refractivity contribution in [3.8, 4) is 5.75 Å². The average molecular weight is 400 g/mol. The maximum Gasteiger partial charge on any atom is 0.339 e. The van der Waals surface area contributed by atoms with Crippen molar-refractivity contribution in [1.29, 1.82) is 0 Å². The second kappa shape index (κ2) is 9.11. The lowest BCUT2D eigenvalue weighted by molar-refractivity contribution is -0.308. The van der Waals surface area contributed by atoms with E-state index in [0.717, 1.165) is 48.6 Å². The van der Waals surface area contributed by atoms with Gasteiger partial charge >= 0.3 is 5.63 Å². The van der Waals surface area contributed by atoms with Crippen LogP contribution in [0.5, 0.6) is 5.75 Å². The minimum atomic E-state index is -1.31. The molecule has 7 heteroatoms. The van der Waals surface area contributed by atoms with Crippen LogP contribution in [-0.4, -0.2) is 24.5 Å². The monoisotopic (exact) mass is 400 g/mol. The van der Waals surface area contributed by atoms with E-state index < -0.39 is 17.9 Å². The van der Waals surface area contributed by atoms with Crippen LogP contribution in [0.15, 0.2) is 21.3 Å². The lowest BCUT2D eigenvalue weighted by Crippen LogP contribution is -2.49. The number of amides is 1. The Balaban J connectivity index is 1.75. The van der Waals surface area contributed by atoms with Crippen molar-refractivity contribution in [3.63, 3.8) is 0 Å². The fourth-order valence-electron chi connectivity index (χ4n) is 3.82. The highest BCUT2D eigenvalue weighted by Crippen LogP contribution is 2.32. The van der Waals surface area contributed by atoms with Crippen molar-refractivity contribution in [2.75, 3.05) is 6.61 Å². The predicted octanol–water partition coefficient (Wildman–Crippen LogP) is 1.78. The summed E-state index contributed by atoms with van der Waals surface area (Å²) in [6, 6.07) is 2.58. The van der Waals surface area contributed by atoms with E-state index in [1.165, 1.54) is 0 Å². The van der Waals surface area contributed by atoms with Gasteiger partial charge in [-0.15, -0.1) is 0 Å². The molecule has 0 spiro atoms. The van der Waals surface area contributed by atoms with E-state index in [-0.39, 0.29) is 12.2 Å². The fraction of sp³-hybridized carbons (Fsp3) is 0.500. The summed E-state index contributed by atoms with van der Waals surface area (Å²) in [5.74, 6) is -1.42. The van der Waals surface area contributed by atoms with Gasteiger partial charge in [-0.1, -0.05) is 19.8 Å². The molecule has 1 aromatic carbocycles. The molecule has 0 saturated heterocycles. The maximum absolute atomic E-state index is 12.3. The second-order valence-corrected chi connectivity index (χ2v) is 7.49. The number of benzene rings is 1. The number of carbonyl (C=O) groups is 2. The van der Waals surface area contributed by atoms with Gasteiger partial charge in [-0.05, 0) is 56.7 Å². The summed E-state index contributed by atoms with van der Waals surface area (Å²) >= 11 is 0. The summed E-state index contributed by atoms with van der Waals surface area (Å²) in [6.07, 6.45) is 5.43.